The molecule has 160 valence electrons. The van der Waals surface area contributed by atoms with E-state index in [9.17, 15) is 14.4 Å². The third kappa shape index (κ3) is 7.40. The Balaban J connectivity index is 2.09. The summed E-state index contributed by atoms with van der Waals surface area (Å²) in [6.45, 7) is 8.53. The second kappa shape index (κ2) is 10.3. The van der Waals surface area contributed by atoms with Crippen molar-refractivity contribution in [3.05, 3.63) is 35.9 Å². The predicted molar refractivity (Wildman–Crippen MR) is 109 cm³/mol. The third-order valence-corrected chi connectivity index (χ3v) is 4.58. The van der Waals surface area contributed by atoms with Crippen LogP contribution in [0, 0.1) is 5.92 Å². The molecule has 0 N–H and O–H groups in total. The highest BCUT2D eigenvalue weighted by Crippen LogP contribution is 2.22. The average molecular weight is 405 g/mol. The van der Waals surface area contributed by atoms with Gasteiger partial charge in [-0.25, -0.2) is 4.79 Å². The maximum atomic E-state index is 13.2. The Hall–Kier alpha value is -2.57. The fourth-order valence-electron chi connectivity index (χ4n) is 3.31. The van der Waals surface area contributed by atoms with Gasteiger partial charge in [0.2, 0.25) is 5.91 Å². The molecule has 0 saturated carbocycles. The van der Waals surface area contributed by atoms with Gasteiger partial charge in [-0.3, -0.25) is 9.59 Å². The van der Waals surface area contributed by atoms with E-state index in [0.29, 0.717) is 32.5 Å². The molecule has 7 nitrogen and oxygen atoms in total. The quantitative estimate of drug-likeness (QED) is 0.681. The summed E-state index contributed by atoms with van der Waals surface area (Å²) in [4.78, 5) is 40.8. The molecule has 1 aromatic carbocycles. The molecule has 1 atom stereocenters. The van der Waals surface area contributed by atoms with Gasteiger partial charge >= 0.3 is 12.1 Å². The van der Waals surface area contributed by atoms with Crippen molar-refractivity contribution in [2.24, 2.45) is 5.92 Å². The Morgan fingerprint density at radius 2 is 1.86 bits per heavy atom. The van der Waals surface area contributed by atoms with Crippen molar-refractivity contribution in [1.29, 1.82) is 0 Å². The molecule has 1 heterocycles. The maximum Gasteiger partial charge on any atom is 0.410 e. The molecule has 0 radical (unpaired) electrons. The first-order valence-electron chi connectivity index (χ1n) is 10.2. The van der Waals surface area contributed by atoms with Crippen molar-refractivity contribution < 1.29 is 23.9 Å². The third-order valence-electron chi connectivity index (χ3n) is 4.58. The Kier molecular flexibility index (Phi) is 8.05. The van der Waals surface area contributed by atoms with Gasteiger partial charge in [0.05, 0.1) is 12.5 Å². The van der Waals surface area contributed by atoms with Crippen LogP contribution in [0.5, 0.6) is 0 Å². The Morgan fingerprint density at radius 3 is 2.48 bits per heavy atom. The lowest BCUT2D eigenvalue weighted by molar-refractivity contribution is -0.151. The van der Waals surface area contributed by atoms with Gasteiger partial charge in [0, 0.05) is 19.6 Å². The summed E-state index contributed by atoms with van der Waals surface area (Å²) >= 11 is 0. The van der Waals surface area contributed by atoms with Crippen LogP contribution in [0.1, 0.15) is 46.1 Å². The number of carbonyl (C=O) groups excluding carboxylic acids is 3. The van der Waals surface area contributed by atoms with Gasteiger partial charge in [0.15, 0.2) is 0 Å². The molecule has 2 rings (SSSR count). The van der Waals surface area contributed by atoms with E-state index in [-0.39, 0.29) is 25.0 Å². The highest BCUT2D eigenvalue weighted by atomic mass is 16.6. The van der Waals surface area contributed by atoms with Crippen LogP contribution in [-0.4, -0.2) is 59.6 Å². The molecule has 0 aromatic heterocycles. The number of amides is 2. The van der Waals surface area contributed by atoms with Crippen molar-refractivity contribution in [1.82, 2.24) is 9.80 Å². The van der Waals surface area contributed by atoms with E-state index in [1.54, 1.807) is 11.8 Å². The molecule has 0 spiro atoms. The molecule has 1 saturated heterocycles. The fraction of sp³-hybridized carbons (Fsp3) is 0.591. The molecule has 1 aliphatic heterocycles. The minimum atomic E-state index is -0.586. The SMILES string of the molecule is CCOC(=O)CN(Cc1ccccc1)C(=O)C1CCCN(C(=O)OC(C)(C)C)C1. The number of piperidine rings is 1. The topological polar surface area (TPSA) is 76.2 Å². The fourth-order valence-corrected chi connectivity index (χ4v) is 3.31. The van der Waals surface area contributed by atoms with Crippen molar-refractivity contribution in [3.8, 4) is 0 Å². The lowest BCUT2D eigenvalue weighted by Gasteiger charge is -2.35. The highest BCUT2D eigenvalue weighted by molar-refractivity contribution is 5.84. The molecule has 0 bridgehead atoms. The lowest BCUT2D eigenvalue weighted by Crippen LogP contribution is -2.48. The van der Waals surface area contributed by atoms with Crippen molar-refractivity contribution in [2.45, 2.75) is 52.7 Å². The number of rotatable bonds is 6. The monoisotopic (exact) mass is 404 g/mol. The molecule has 7 heteroatoms. The molecular weight excluding hydrogens is 372 g/mol. The Morgan fingerprint density at radius 1 is 1.17 bits per heavy atom. The van der Waals surface area contributed by atoms with Gasteiger partial charge in [-0.1, -0.05) is 30.3 Å². The van der Waals surface area contributed by atoms with E-state index in [4.69, 9.17) is 9.47 Å². The van der Waals surface area contributed by atoms with Crippen LogP contribution in [0.15, 0.2) is 30.3 Å². The molecule has 29 heavy (non-hydrogen) atoms. The van der Waals surface area contributed by atoms with E-state index in [1.807, 2.05) is 51.1 Å². The molecule has 0 aliphatic carbocycles. The van der Waals surface area contributed by atoms with Gasteiger partial charge < -0.3 is 19.3 Å². The summed E-state index contributed by atoms with van der Waals surface area (Å²) in [7, 11) is 0. The lowest BCUT2D eigenvalue weighted by atomic mass is 9.96. The minimum absolute atomic E-state index is 0.107. The number of carbonyl (C=O) groups is 3. The number of nitrogens with zero attached hydrogens (tertiary/aromatic N) is 2. The normalized spacial score (nSPS) is 16.8. The first-order chi connectivity index (χ1) is 13.7. The number of hydrogen-bond donors (Lipinski definition) is 0. The largest absolute Gasteiger partial charge is 0.465 e. The van der Waals surface area contributed by atoms with Crippen molar-refractivity contribution >= 4 is 18.0 Å². The van der Waals surface area contributed by atoms with Gasteiger partial charge in [0.25, 0.3) is 0 Å². The zero-order valence-electron chi connectivity index (χ0n) is 17.8. The summed E-state index contributed by atoms with van der Waals surface area (Å²) in [5, 5.41) is 0. The zero-order valence-corrected chi connectivity index (χ0v) is 17.8. The number of hydrogen-bond acceptors (Lipinski definition) is 5. The van der Waals surface area contributed by atoms with Crippen LogP contribution >= 0.6 is 0 Å². The maximum absolute atomic E-state index is 13.2. The number of esters is 1. The van der Waals surface area contributed by atoms with Crippen molar-refractivity contribution in [3.63, 3.8) is 0 Å². The number of benzene rings is 1. The van der Waals surface area contributed by atoms with Crippen LogP contribution < -0.4 is 0 Å². The summed E-state index contributed by atoms with van der Waals surface area (Å²) in [6.07, 6.45) is 0.982. The van der Waals surface area contributed by atoms with E-state index in [2.05, 4.69) is 0 Å². The van der Waals surface area contributed by atoms with Crippen molar-refractivity contribution in [2.75, 3.05) is 26.2 Å². The summed E-state index contributed by atoms with van der Waals surface area (Å²) < 4.78 is 10.5. The van der Waals surface area contributed by atoms with E-state index in [0.717, 1.165) is 5.56 Å². The molecule has 1 fully saturated rings. The summed E-state index contributed by atoms with van der Waals surface area (Å²) in [6, 6.07) is 9.53. The number of ether oxygens (including phenoxy) is 2. The second-order valence-electron chi connectivity index (χ2n) is 8.25. The van der Waals surface area contributed by atoms with E-state index in [1.165, 1.54) is 4.90 Å². The van der Waals surface area contributed by atoms with Gasteiger partial charge in [-0.15, -0.1) is 0 Å². The van der Waals surface area contributed by atoms with E-state index >= 15 is 0 Å². The minimum Gasteiger partial charge on any atom is -0.465 e. The summed E-state index contributed by atoms with van der Waals surface area (Å²) in [5.41, 5.74) is 0.349. The van der Waals surface area contributed by atoms with Crippen LogP contribution in [-0.2, 0) is 25.6 Å². The summed E-state index contributed by atoms with van der Waals surface area (Å²) in [5.74, 6) is -0.943. The van der Waals surface area contributed by atoms with E-state index < -0.39 is 17.7 Å². The first kappa shape index (κ1) is 22.7. The Labute approximate surface area is 172 Å². The van der Waals surface area contributed by atoms with Crippen LogP contribution in [0.3, 0.4) is 0 Å². The zero-order chi connectivity index (χ0) is 21.4. The van der Waals surface area contributed by atoms with Crippen LogP contribution in [0.4, 0.5) is 4.79 Å². The Bertz CT molecular complexity index is 699. The molecule has 1 unspecified atom stereocenters. The molecule has 2 amide bonds. The van der Waals surface area contributed by atoms with Crippen LogP contribution in [0.2, 0.25) is 0 Å². The second-order valence-corrected chi connectivity index (χ2v) is 8.25. The molecular formula is C22H32N2O5. The smallest absolute Gasteiger partial charge is 0.410 e. The van der Waals surface area contributed by atoms with Gasteiger partial charge in [-0.05, 0) is 46.1 Å². The molecule has 1 aliphatic rings. The number of likely N-dealkylation sites (tertiary alicyclic amines) is 1. The first-order valence-corrected chi connectivity index (χ1v) is 10.2. The van der Waals surface area contributed by atoms with Gasteiger partial charge in [-0.2, -0.15) is 0 Å². The molecule has 1 aromatic rings. The van der Waals surface area contributed by atoms with Crippen LogP contribution in [0.25, 0.3) is 0 Å². The standard InChI is InChI=1S/C22H32N2O5/c1-5-28-19(25)16-24(14-17-10-7-6-8-11-17)20(26)18-12-9-13-23(15-18)21(27)29-22(2,3)4/h6-8,10-11,18H,5,9,12-16H2,1-4H3. The predicted octanol–water partition coefficient (Wildman–Crippen LogP) is 3.23. The highest BCUT2D eigenvalue weighted by Gasteiger charge is 2.34. The average Bonchev–Trinajstić information content (AvgIpc) is 2.67. The van der Waals surface area contributed by atoms with Gasteiger partial charge in [0.1, 0.15) is 12.1 Å².